The number of rotatable bonds is 6. The van der Waals surface area contributed by atoms with Crippen molar-refractivity contribution in [2.75, 3.05) is 24.1 Å². The Bertz CT molecular complexity index is 1320. The van der Waals surface area contributed by atoms with E-state index in [2.05, 4.69) is 31.5 Å². The molecular formula is C21H20N6OS. The van der Waals surface area contributed by atoms with Crippen LogP contribution < -0.4 is 21.9 Å². The maximum Gasteiger partial charge on any atom is 0.261 e. The number of benzene rings is 1. The van der Waals surface area contributed by atoms with Crippen LogP contribution in [0.1, 0.15) is 18.4 Å². The summed E-state index contributed by atoms with van der Waals surface area (Å²) in [4.78, 5) is 23.3. The van der Waals surface area contributed by atoms with Gasteiger partial charge in [-0.05, 0) is 36.4 Å². The monoisotopic (exact) mass is 404 g/mol. The molecule has 0 aliphatic heterocycles. The van der Waals surface area contributed by atoms with Crippen LogP contribution in [0.3, 0.4) is 0 Å². The first kappa shape index (κ1) is 17.8. The third kappa shape index (κ3) is 3.24. The molecule has 0 saturated heterocycles. The van der Waals surface area contributed by atoms with Gasteiger partial charge in [0.25, 0.3) is 5.56 Å². The van der Waals surface area contributed by atoms with Crippen molar-refractivity contribution in [1.82, 2.24) is 20.3 Å². The van der Waals surface area contributed by atoms with Gasteiger partial charge in [0.15, 0.2) is 0 Å². The number of nitrogens with one attached hydrogen (secondary N) is 4. The maximum atomic E-state index is 12.6. The number of fused-ring (bicyclic) bond motifs is 2. The molecule has 4 aromatic rings. The molecule has 3 heterocycles. The van der Waals surface area contributed by atoms with Gasteiger partial charge >= 0.3 is 0 Å². The van der Waals surface area contributed by atoms with Crippen molar-refractivity contribution in [2.24, 2.45) is 0 Å². The van der Waals surface area contributed by atoms with Crippen LogP contribution in [-0.4, -0.2) is 34.1 Å². The van der Waals surface area contributed by atoms with Crippen molar-refractivity contribution in [3.8, 4) is 23.7 Å². The van der Waals surface area contributed by atoms with Gasteiger partial charge in [-0.25, -0.2) is 4.98 Å². The van der Waals surface area contributed by atoms with E-state index in [0.717, 1.165) is 45.6 Å². The molecule has 146 valence electrons. The zero-order valence-corrected chi connectivity index (χ0v) is 16.5. The average molecular weight is 404 g/mol. The lowest BCUT2D eigenvalue weighted by Gasteiger charge is -2.09. The van der Waals surface area contributed by atoms with Gasteiger partial charge in [0.05, 0.1) is 32.6 Å². The number of aromatic nitrogens is 3. The minimum absolute atomic E-state index is 0.269. The lowest BCUT2D eigenvalue weighted by atomic mass is 10.1. The van der Waals surface area contributed by atoms with E-state index in [-0.39, 0.29) is 5.56 Å². The van der Waals surface area contributed by atoms with Crippen molar-refractivity contribution in [3.05, 3.63) is 39.5 Å². The number of terminal acetylenes is 1. The van der Waals surface area contributed by atoms with E-state index in [4.69, 9.17) is 12.2 Å². The summed E-state index contributed by atoms with van der Waals surface area (Å²) in [5.41, 5.74) is 10.6. The SMILES string of the molecule is C#Cc1cc2[nH]c(-c3c(N)c4sccc4[nH]c3=O)nc2cc1NCCNC1CC1. The number of hydrogen-bond donors (Lipinski definition) is 5. The highest BCUT2D eigenvalue weighted by molar-refractivity contribution is 7.17. The summed E-state index contributed by atoms with van der Waals surface area (Å²) in [7, 11) is 0. The lowest BCUT2D eigenvalue weighted by Crippen LogP contribution is -2.24. The molecule has 3 aromatic heterocycles. The number of nitrogens with zero attached hydrogens (tertiary/aromatic N) is 1. The van der Waals surface area contributed by atoms with Gasteiger partial charge in [-0.2, -0.15) is 0 Å². The van der Waals surface area contributed by atoms with Gasteiger partial charge in [-0.3, -0.25) is 4.79 Å². The number of anilines is 2. The summed E-state index contributed by atoms with van der Waals surface area (Å²) in [5, 5.41) is 8.74. The second-order valence-corrected chi connectivity index (χ2v) is 8.12. The van der Waals surface area contributed by atoms with E-state index in [1.807, 2.05) is 23.6 Å². The molecule has 29 heavy (non-hydrogen) atoms. The first-order valence-corrected chi connectivity index (χ1v) is 10.4. The largest absolute Gasteiger partial charge is 0.397 e. The van der Waals surface area contributed by atoms with Crippen LogP contribution in [0.25, 0.3) is 32.6 Å². The van der Waals surface area contributed by atoms with Crippen LogP contribution in [0.15, 0.2) is 28.4 Å². The Balaban J connectivity index is 1.51. The Morgan fingerprint density at radius 3 is 2.93 bits per heavy atom. The minimum atomic E-state index is -0.269. The number of aromatic amines is 2. The molecular weight excluding hydrogens is 384 g/mol. The highest BCUT2D eigenvalue weighted by Crippen LogP contribution is 2.32. The number of nitrogen functional groups attached to an aromatic ring is 1. The van der Waals surface area contributed by atoms with Crippen molar-refractivity contribution >= 4 is 44.0 Å². The molecule has 1 aliphatic carbocycles. The molecule has 0 amide bonds. The maximum absolute atomic E-state index is 12.6. The third-order valence-electron chi connectivity index (χ3n) is 5.12. The van der Waals surface area contributed by atoms with Gasteiger partial charge in [0.1, 0.15) is 11.4 Å². The van der Waals surface area contributed by atoms with E-state index in [0.29, 0.717) is 23.1 Å². The molecule has 0 spiro atoms. The Labute approximate surface area is 170 Å². The second-order valence-electron chi connectivity index (χ2n) is 7.21. The summed E-state index contributed by atoms with van der Waals surface area (Å²) in [6, 6.07) is 6.30. The van der Waals surface area contributed by atoms with Gasteiger partial charge in [-0.15, -0.1) is 17.8 Å². The summed E-state index contributed by atoms with van der Waals surface area (Å²) in [6.07, 6.45) is 8.23. The van der Waals surface area contributed by atoms with Gasteiger partial charge in [-0.1, -0.05) is 5.92 Å². The van der Waals surface area contributed by atoms with Gasteiger partial charge < -0.3 is 26.3 Å². The average Bonchev–Trinajstić information content (AvgIpc) is 3.25. The second kappa shape index (κ2) is 6.95. The number of imidazole rings is 1. The predicted molar refractivity (Wildman–Crippen MR) is 119 cm³/mol. The molecule has 0 radical (unpaired) electrons. The van der Waals surface area contributed by atoms with E-state index < -0.39 is 0 Å². The number of thiophene rings is 1. The van der Waals surface area contributed by atoms with Crippen molar-refractivity contribution in [3.63, 3.8) is 0 Å². The molecule has 7 nitrogen and oxygen atoms in total. The zero-order valence-electron chi connectivity index (χ0n) is 15.6. The molecule has 1 saturated carbocycles. The molecule has 6 N–H and O–H groups in total. The molecule has 5 rings (SSSR count). The van der Waals surface area contributed by atoms with Crippen LogP contribution >= 0.6 is 11.3 Å². The topological polar surface area (TPSA) is 112 Å². The first-order chi connectivity index (χ1) is 14.1. The van der Waals surface area contributed by atoms with E-state index in [9.17, 15) is 4.79 Å². The molecule has 0 atom stereocenters. The molecule has 1 fully saturated rings. The van der Waals surface area contributed by atoms with Gasteiger partial charge in [0, 0.05) is 24.7 Å². The van der Waals surface area contributed by atoms with E-state index >= 15 is 0 Å². The van der Waals surface area contributed by atoms with Gasteiger partial charge in [0.2, 0.25) is 0 Å². The number of nitrogens with two attached hydrogens (primary N) is 1. The highest BCUT2D eigenvalue weighted by Gasteiger charge is 2.20. The Kier molecular flexibility index (Phi) is 4.27. The Morgan fingerprint density at radius 2 is 2.14 bits per heavy atom. The summed E-state index contributed by atoms with van der Waals surface area (Å²) < 4.78 is 0.842. The Morgan fingerprint density at radius 1 is 1.28 bits per heavy atom. The fraction of sp³-hybridized carbons (Fsp3) is 0.238. The van der Waals surface area contributed by atoms with Crippen LogP contribution in [0, 0.1) is 12.3 Å². The lowest BCUT2D eigenvalue weighted by molar-refractivity contribution is 0.701. The minimum Gasteiger partial charge on any atom is -0.397 e. The quantitative estimate of drug-likeness (QED) is 0.251. The standard InChI is InChI=1S/C21H20N6OS/c1-2-11-9-15-16(10-14(11)24-7-6-23-12-3-4-12)26-20(25-15)17-18(22)19-13(5-8-29-19)27-21(17)28/h1,5,8-10,12,23-24H,3-4,6-7H2,(H,25,26)(H3,22,27,28). The highest BCUT2D eigenvalue weighted by atomic mass is 32.1. The van der Waals surface area contributed by atoms with Crippen LogP contribution in [-0.2, 0) is 0 Å². The third-order valence-corrected chi connectivity index (χ3v) is 6.07. The molecule has 0 unspecified atom stereocenters. The number of H-pyrrole nitrogens is 2. The molecule has 8 heteroatoms. The van der Waals surface area contributed by atoms with Crippen molar-refractivity contribution < 1.29 is 0 Å². The van der Waals surface area contributed by atoms with Crippen LogP contribution in [0.2, 0.25) is 0 Å². The fourth-order valence-corrected chi connectivity index (χ4v) is 4.29. The molecule has 1 aromatic carbocycles. The molecule has 0 bridgehead atoms. The summed E-state index contributed by atoms with van der Waals surface area (Å²) in [5.74, 6) is 3.16. The fourth-order valence-electron chi connectivity index (χ4n) is 3.47. The normalized spacial score (nSPS) is 13.8. The first-order valence-electron chi connectivity index (χ1n) is 9.51. The summed E-state index contributed by atoms with van der Waals surface area (Å²) >= 11 is 1.49. The zero-order chi connectivity index (χ0) is 20.0. The smallest absolute Gasteiger partial charge is 0.261 e. The number of hydrogen-bond acceptors (Lipinski definition) is 6. The van der Waals surface area contributed by atoms with Crippen molar-refractivity contribution in [1.29, 1.82) is 0 Å². The number of pyridine rings is 1. The Hall–Kier alpha value is -3.28. The van der Waals surface area contributed by atoms with Crippen LogP contribution in [0.5, 0.6) is 0 Å². The summed E-state index contributed by atoms with van der Waals surface area (Å²) in [6.45, 7) is 1.65. The predicted octanol–water partition coefficient (Wildman–Crippen LogP) is 2.86. The van der Waals surface area contributed by atoms with E-state index in [1.54, 1.807) is 0 Å². The van der Waals surface area contributed by atoms with Crippen molar-refractivity contribution in [2.45, 2.75) is 18.9 Å². The van der Waals surface area contributed by atoms with E-state index in [1.165, 1.54) is 24.2 Å². The van der Waals surface area contributed by atoms with Crippen LogP contribution in [0.4, 0.5) is 11.4 Å². The molecule has 1 aliphatic rings.